The Bertz CT molecular complexity index is 1300. The Morgan fingerprint density at radius 1 is 1.16 bits per heavy atom. The number of rotatable bonds is 12. The number of hydrogen-bond donors (Lipinski definition) is 1. The van der Waals surface area contributed by atoms with E-state index in [2.05, 4.69) is 4.98 Å². The van der Waals surface area contributed by atoms with Crippen LogP contribution in [-0.4, -0.2) is 66.2 Å². The fraction of sp³-hybridized carbons (Fsp3) is 0.407. The molecule has 0 bridgehead atoms. The summed E-state index contributed by atoms with van der Waals surface area (Å²) in [6.45, 7) is 4.61. The molecule has 11 heteroatoms. The van der Waals surface area contributed by atoms with Crippen molar-refractivity contribution < 1.29 is 27.8 Å². The van der Waals surface area contributed by atoms with Gasteiger partial charge in [0.15, 0.2) is 0 Å². The average molecular weight is 560 g/mol. The number of carbonyl (C=O) groups is 1. The van der Waals surface area contributed by atoms with Gasteiger partial charge in [-0.15, -0.1) is 11.3 Å². The number of sulfonamides is 1. The van der Waals surface area contributed by atoms with E-state index in [0.717, 1.165) is 16.0 Å². The van der Waals surface area contributed by atoms with E-state index in [0.29, 0.717) is 18.8 Å². The zero-order valence-electron chi connectivity index (χ0n) is 21.5. The number of ether oxygens (including phenoxy) is 2. The number of aliphatic hydroxyl groups excluding tert-OH is 1. The summed E-state index contributed by atoms with van der Waals surface area (Å²) in [6.07, 6.45) is 0.552. The Morgan fingerprint density at radius 2 is 1.95 bits per heavy atom. The molecule has 2 heterocycles. The molecule has 0 unspecified atom stereocenters. The molecule has 0 saturated carbocycles. The minimum atomic E-state index is -3.89. The van der Waals surface area contributed by atoms with Crippen LogP contribution in [-0.2, 0) is 34.3 Å². The van der Waals surface area contributed by atoms with Gasteiger partial charge in [0, 0.05) is 32.3 Å². The molecule has 0 fully saturated rings. The molecule has 204 valence electrons. The summed E-state index contributed by atoms with van der Waals surface area (Å²) in [5, 5.41) is 11.1. The first-order valence-corrected chi connectivity index (χ1v) is 14.8. The molecule has 9 nitrogen and oxygen atoms in total. The third kappa shape index (κ3) is 7.31. The lowest BCUT2D eigenvalue weighted by atomic mass is 10.2. The van der Waals surface area contributed by atoms with Crippen molar-refractivity contribution in [2.75, 3.05) is 26.2 Å². The molecule has 2 aromatic carbocycles. The van der Waals surface area contributed by atoms with Crippen LogP contribution in [0.5, 0.6) is 5.75 Å². The van der Waals surface area contributed by atoms with Crippen molar-refractivity contribution in [3.05, 3.63) is 76.2 Å². The molecule has 1 N–H and O–H groups in total. The van der Waals surface area contributed by atoms with Crippen molar-refractivity contribution >= 4 is 27.5 Å². The van der Waals surface area contributed by atoms with Crippen LogP contribution in [0.15, 0.2) is 65.1 Å². The fourth-order valence-corrected chi connectivity index (χ4v) is 6.44. The van der Waals surface area contributed by atoms with E-state index in [4.69, 9.17) is 9.47 Å². The summed E-state index contributed by atoms with van der Waals surface area (Å²) >= 11 is 1.38. The molecule has 4 rings (SSSR count). The summed E-state index contributed by atoms with van der Waals surface area (Å²) in [5.74, 6) is 0.729. The van der Waals surface area contributed by atoms with Gasteiger partial charge in [-0.2, -0.15) is 4.31 Å². The van der Waals surface area contributed by atoms with E-state index in [-0.39, 0.29) is 43.6 Å². The third-order valence-corrected chi connectivity index (χ3v) is 8.59. The molecule has 0 spiro atoms. The Morgan fingerprint density at radius 3 is 2.66 bits per heavy atom. The van der Waals surface area contributed by atoms with Crippen LogP contribution >= 0.6 is 11.3 Å². The molecular weight excluding hydrogens is 526 g/mol. The molecule has 0 aliphatic carbocycles. The maximum Gasteiger partial charge on any atom is 0.410 e. The van der Waals surface area contributed by atoms with E-state index < -0.39 is 22.2 Å². The van der Waals surface area contributed by atoms with E-state index in [1.54, 1.807) is 23.8 Å². The zero-order valence-corrected chi connectivity index (χ0v) is 23.2. The highest BCUT2D eigenvalue weighted by Crippen LogP contribution is 2.29. The summed E-state index contributed by atoms with van der Waals surface area (Å²) in [5.41, 5.74) is 3.38. The van der Waals surface area contributed by atoms with E-state index in [9.17, 15) is 18.3 Å². The molecule has 38 heavy (non-hydrogen) atoms. The minimum absolute atomic E-state index is 0.0273. The van der Waals surface area contributed by atoms with Crippen LogP contribution in [0.4, 0.5) is 4.79 Å². The van der Waals surface area contributed by atoms with Crippen LogP contribution in [0.2, 0.25) is 0 Å². The standard InChI is InChI=1S/C27H33N3O6S2/c1-20(2)14-30(38(33,34)25-8-9-26-22(12-25)10-11-35-26)17-23(31)16-29(15-21-6-4-3-5-7-21)27(32)36-18-24-13-28-19-37-24/h3-9,12-13,19-20,23,31H,10-11,14-18H2,1-2H3/t23-/m1/s1. The smallest absolute Gasteiger partial charge is 0.410 e. The molecule has 0 radical (unpaired) electrons. The molecular formula is C27H33N3O6S2. The van der Waals surface area contributed by atoms with Gasteiger partial charge >= 0.3 is 6.09 Å². The predicted molar refractivity (Wildman–Crippen MR) is 144 cm³/mol. The lowest BCUT2D eigenvalue weighted by molar-refractivity contribution is 0.0595. The van der Waals surface area contributed by atoms with Crippen molar-refractivity contribution in [2.45, 2.75) is 44.4 Å². The monoisotopic (exact) mass is 559 g/mol. The number of aliphatic hydroxyl groups is 1. The average Bonchev–Trinajstić information content (AvgIpc) is 3.58. The van der Waals surface area contributed by atoms with Crippen LogP contribution in [0.25, 0.3) is 0 Å². The Balaban J connectivity index is 1.49. The first-order valence-electron chi connectivity index (χ1n) is 12.5. The van der Waals surface area contributed by atoms with Gasteiger partial charge in [-0.3, -0.25) is 4.98 Å². The number of fused-ring (bicyclic) bond motifs is 1. The lowest BCUT2D eigenvalue weighted by Crippen LogP contribution is -2.45. The normalized spacial score (nSPS) is 13.8. The maximum absolute atomic E-state index is 13.6. The van der Waals surface area contributed by atoms with Crippen LogP contribution < -0.4 is 4.74 Å². The van der Waals surface area contributed by atoms with Crippen molar-refractivity contribution in [3.8, 4) is 5.75 Å². The minimum Gasteiger partial charge on any atom is -0.493 e. The van der Waals surface area contributed by atoms with E-state index >= 15 is 0 Å². The van der Waals surface area contributed by atoms with Gasteiger partial charge in [0.05, 0.1) is 34.5 Å². The van der Waals surface area contributed by atoms with Gasteiger partial charge in [0.2, 0.25) is 10.0 Å². The highest BCUT2D eigenvalue weighted by molar-refractivity contribution is 7.89. The first-order chi connectivity index (χ1) is 18.2. The molecule has 1 atom stereocenters. The van der Waals surface area contributed by atoms with E-state index in [1.165, 1.54) is 26.6 Å². The molecule has 0 saturated heterocycles. The number of nitrogens with zero attached hydrogens (tertiary/aromatic N) is 3. The van der Waals surface area contributed by atoms with Crippen molar-refractivity contribution in [2.24, 2.45) is 5.92 Å². The second-order valence-electron chi connectivity index (χ2n) is 9.63. The summed E-state index contributed by atoms with van der Waals surface area (Å²) < 4.78 is 39.5. The van der Waals surface area contributed by atoms with Crippen LogP contribution in [0, 0.1) is 5.92 Å². The quantitative estimate of drug-likeness (QED) is 0.358. The molecule has 1 aromatic heterocycles. The highest BCUT2D eigenvalue weighted by atomic mass is 32.2. The Hall–Kier alpha value is -2.99. The summed E-state index contributed by atoms with van der Waals surface area (Å²) in [6, 6.07) is 14.2. The zero-order chi connectivity index (χ0) is 27.1. The topological polar surface area (TPSA) is 109 Å². The highest BCUT2D eigenvalue weighted by Gasteiger charge is 2.30. The molecule has 3 aromatic rings. The number of thiazole rings is 1. The van der Waals surface area contributed by atoms with E-state index in [1.807, 2.05) is 44.2 Å². The molecule has 1 aliphatic rings. The Kier molecular flexibility index (Phi) is 9.37. The molecule has 1 aliphatic heterocycles. The number of aromatic nitrogens is 1. The summed E-state index contributed by atoms with van der Waals surface area (Å²) in [7, 11) is -3.89. The lowest BCUT2D eigenvalue weighted by Gasteiger charge is -2.29. The van der Waals surface area contributed by atoms with Crippen molar-refractivity contribution in [3.63, 3.8) is 0 Å². The molecule has 1 amide bonds. The number of amides is 1. The van der Waals surface area contributed by atoms with Gasteiger partial charge in [-0.05, 0) is 35.2 Å². The SMILES string of the molecule is CC(C)CN(C[C@H](O)CN(Cc1ccccc1)C(=O)OCc1cncs1)S(=O)(=O)c1ccc2c(c1)CCO2. The van der Waals surface area contributed by atoms with Gasteiger partial charge in [-0.25, -0.2) is 13.2 Å². The second kappa shape index (κ2) is 12.7. The number of carbonyl (C=O) groups excluding carboxylic acids is 1. The van der Waals surface area contributed by atoms with Crippen LogP contribution in [0.1, 0.15) is 29.9 Å². The van der Waals surface area contributed by atoms with Crippen molar-refractivity contribution in [1.29, 1.82) is 0 Å². The van der Waals surface area contributed by atoms with Crippen LogP contribution in [0.3, 0.4) is 0 Å². The van der Waals surface area contributed by atoms with Crippen molar-refractivity contribution in [1.82, 2.24) is 14.2 Å². The van der Waals surface area contributed by atoms with Gasteiger partial charge in [0.1, 0.15) is 12.4 Å². The van der Waals surface area contributed by atoms with Gasteiger partial charge in [0.25, 0.3) is 0 Å². The van der Waals surface area contributed by atoms with Gasteiger partial charge in [-0.1, -0.05) is 44.2 Å². The number of benzene rings is 2. The predicted octanol–water partition coefficient (Wildman–Crippen LogP) is 3.92. The fourth-order valence-electron chi connectivity index (χ4n) is 4.24. The maximum atomic E-state index is 13.6. The Labute approximate surface area is 227 Å². The summed E-state index contributed by atoms with van der Waals surface area (Å²) in [4.78, 5) is 19.4. The number of hydrogen-bond acceptors (Lipinski definition) is 8. The first kappa shape index (κ1) is 28.0. The largest absolute Gasteiger partial charge is 0.493 e. The second-order valence-corrected chi connectivity index (χ2v) is 12.5. The third-order valence-electron chi connectivity index (χ3n) is 6.01. The van der Waals surface area contributed by atoms with Gasteiger partial charge < -0.3 is 19.5 Å².